The Bertz CT molecular complexity index is 470. The van der Waals surface area contributed by atoms with E-state index in [0.29, 0.717) is 16.7 Å². The highest BCUT2D eigenvalue weighted by Gasteiger charge is 2.63. The van der Waals surface area contributed by atoms with Crippen molar-refractivity contribution in [1.82, 2.24) is 4.90 Å². The average molecular weight is 290 g/mol. The molecule has 4 atom stereocenters. The SMILES string of the molecule is CC1C(N)CCN1C(=O)C12CC3CC(C)(CC(C)(C3)C1)C2. The number of nitrogens with zero attached hydrogens (tertiary/aromatic N) is 1. The van der Waals surface area contributed by atoms with E-state index in [1.165, 1.54) is 19.3 Å². The minimum Gasteiger partial charge on any atom is -0.338 e. The standard InChI is InChI=1S/C18H30N2O/c1-12-14(19)4-5-20(12)15(21)18-8-13-6-16(2,10-18)9-17(3,7-13)11-18/h12-14H,4-11,19H2,1-3H3. The summed E-state index contributed by atoms with van der Waals surface area (Å²) in [6.45, 7) is 7.90. The van der Waals surface area contributed by atoms with Gasteiger partial charge in [0.15, 0.2) is 0 Å². The maximum atomic E-state index is 13.4. The molecule has 0 aromatic carbocycles. The Kier molecular flexibility index (Phi) is 2.70. The van der Waals surface area contributed by atoms with Crippen LogP contribution in [0.3, 0.4) is 0 Å². The van der Waals surface area contributed by atoms with E-state index in [1.807, 2.05) is 0 Å². The monoisotopic (exact) mass is 290 g/mol. The molecule has 3 heteroatoms. The van der Waals surface area contributed by atoms with Gasteiger partial charge >= 0.3 is 0 Å². The van der Waals surface area contributed by atoms with Crippen LogP contribution in [0, 0.1) is 22.2 Å². The zero-order chi connectivity index (χ0) is 15.0. The number of hydrogen-bond donors (Lipinski definition) is 1. The molecule has 0 aromatic heterocycles. The largest absolute Gasteiger partial charge is 0.338 e. The van der Waals surface area contributed by atoms with Crippen LogP contribution in [0.4, 0.5) is 0 Å². The molecule has 1 heterocycles. The van der Waals surface area contributed by atoms with Crippen molar-refractivity contribution in [2.75, 3.05) is 6.54 Å². The molecule has 118 valence electrons. The number of amides is 1. The topological polar surface area (TPSA) is 46.3 Å². The quantitative estimate of drug-likeness (QED) is 0.807. The van der Waals surface area contributed by atoms with Crippen molar-refractivity contribution in [3.05, 3.63) is 0 Å². The summed E-state index contributed by atoms with van der Waals surface area (Å²) in [4.78, 5) is 15.5. The lowest BCUT2D eigenvalue weighted by Gasteiger charge is -2.65. The molecule has 5 rings (SSSR count). The molecule has 1 saturated heterocycles. The van der Waals surface area contributed by atoms with Gasteiger partial charge in [-0.2, -0.15) is 0 Å². The van der Waals surface area contributed by atoms with Gasteiger partial charge in [0.2, 0.25) is 5.91 Å². The van der Waals surface area contributed by atoms with Crippen LogP contribution in [-0.2, 0) is 4.79 Å². The van der Waals surface area contributed by atoms with E-state index in [9.17, 15) is 4.79 Å². The van der Waals surface area contributed by atoms with Gasteiger partial charge < -0.3 is 10.6 Å². The number of carbonyl (C=O) groups is 1. The minimum atomic E-state index is -0.0543. The first-order valence-electron chi connectivity index (χ1n) is 8.81. The van der Waals surface area contributed by atoms with E-state index in [1.54, 1.807) is 0 Å². The maximum absolute atomic E-state index is 13.4. The fraction of sp³-hybridized carbons (Fsp3) is 0.944. The predicted octanol–water partition coefficient (Wildman–Crippen LogP) is 2.93. The second kappa shape index (κ2) is 4.04. The number of carbonyl (C=O) groups excluding carboxylic acids is 1. The number of nitrogens with two attached hydrogens (primary N) is 1. The van der Waals surface area contributed by atoms with E-state index < -0.39 is 0 Å². The first-order chi connectivity index (χ1) is 9.74. The zero-order valence-electron chi connectivity index (χ0n) is 13.8. The highest BCUT2D eigenvalue weighted by molar-refractivity contribution is 5.84. The molecular formula is C18H30N2O. The molecule has 0 aromatic rings. The third-order valence-electron chi connectivity index (χ3n) is 7.16. The lowest BCUT2D eigenvalue weighted by atomic mass is 9.40. The van der Waals surface area contributed by atoms with Crippen molar-refractivity contribution in [3.63, 3.8) is 0 Å². The number of hydrogen-bond acceptors (Lipinski definition) is 2. The summed E-state index contributed by atoms with van der Waals surface area (Å²) in [7, 11) is 0. The van der Waals surface area contributed by atoms with Crippen LogP contribution in [0.2, 0.25) is 0 Å². The van der Waals surface area contributed by atoms with Gasteiger partial charge in [0, 0.05) is 18.6 Å². The first-order valence-corrected chi connectivity index (χ1v) is 8.81. The van der Waals surface area contributed by atoms with Gasteiger partial charge in [-0.1, -0.05) is 13.8 Å². The zero-order valence-corrected chi connectivity index (χ0v) is 13.8. The van der Waals surface area contributed by atoms with Crippen molar-refractivity contribution < 1.29 is 4.79 Å². The van der Waals surface area contributed by atoms with Crippen molar-refractivity contribution >= 4 is 5.91 Å². The summed E-state index contributed by atoms with van der Waals surface area (Å²) in [6, 6.07) is 0.403. The van der Waals surface area contributed by atoms with Gasteiger partial charge in [-0.15, -0.1) is 0 Å². The summed E-state index contributed by atoms with van der Waals surface area (Å²) in [5, 5.41) is 0. The van der Waals surface area contributed by atoms with Crippen molar-refractivity contribution in [1.29, 1.82) is 0 Å². The summed E-state index contributed by atoms with van der Waals surface area (Å²) in [6.07, 6.45) is 8.42. The van der Waals surface area contributed by atoms with Gasteiger partial charge in [-0.05, 0) is 68.6 Å². The highest BCUT2D eigenvalue weighted by Crippen LogP contribution is 2.70. The Labute approximate surface area is 128 Å². The Morgan fingerprint density at radius 1 is 1.10 bits per heavy atom. The molecule has 4 aliphatic carbocycles. The van der Waals surface area contributed by atoms with Crippen LogP contribution in [0.1, 0.15) is 65.7 Å². The van der Waals surface area contributed by atoms with Crippen LogP contribution in [-0.4, -0.2) is 29.4 Å². The first kappa shape index (κ1) is 14.0. The molecule has 1 amide bonds. The van der Waals surface area contributed by atoms with E-state index in [0.717, 1.165) is 38.1 Å². The van der Waals surface area contributed by atoms with Gasteiger partial charge in [0.05, 0.1) is 5.41 Å². The molecular weight excluding hydrogens is 260 g/mol. The van der Waals surface area contributed by atoms with Crippen LogP contribution >= 0.6 is 0 Å². The van der Waals surface area contributed by atoms with E-state index in [-0.39, 0.29) is 17.5 Å². The molecule has 4 unspecified atom stereocenters. The Balaban J connectivity index is 1.66. The smallest absolute Gasteiger partial charge is 0.229 e. The van der Waals surface area contributed by atoms with Crippen LogP contribution in [0.5, 0.6) is 0 Å². The van der Waals surface area contributed by atoms with Gasteiger partial charge in [0.1, 0.15) is 0 Å². The minimum absolute atomic E-state index is 0.0543. The predicted molar refractivity (Wildman–Crippen MR) is 83.6 cm³/mol. The number of rotatable bonds is 1. The highest BCUT2D eigenvalue weighted by atomic mass is 16.2. The Hall–Kier alpha value is -0.570. The van der Waals surface area contributed by atoms with Gasteiger partial charge in [-0.3, -0.25) is 4.79 Å². The van der Waals surface area contributed by atoms with Crippen molar-refractivity contribution in [3.8, 4) is 0 Å². The van der Waals surface area contributed by atoms with Gasteiger partial charge in [-0.25, -0.2) is 0 Å². The molecule has 2 N–H and O–H groups in total. The summed E-state index contributed by atoms with van der Waals surface area (Å²) < 4.78 is 0. The second-order valence-corrected chi connectivity index (χ2v) is 9.60. The van der Waals surface area contributed by atoms with Crippen LogP contribution in [0.15, 0.2) is 0 Å². The van der Waals surface area contributed by atoms with E-state index >= 15 is 0 Å². The van der Waals surface area contributed by atoms with Crippen molar-refractivity contribution in [2.45, 2.75) is 77.8 Å². The molecule has 21 heavy (non-hydrogen) atoms. The van der Waals surface area contributed by atoms with Crippen LogP contribution in [0.25, 0.3) is 0 Å². The second-order valence-electron chi connectivity index (χ2n) is 9.60. The molecule has 5 fully saturated rings. The third kappa shape index (κ3) is 1.92. The Morgan fingerprint density at radius 2 is 1.71 bits per heavy atom. The molecule has 4 saturated carbocycles. The molecule has 5 aliphatic rings. The van der Waals surface area contributed by atoms with E-state index in [4.69, 9.17) is 5.73 Å². The summed E-state index contributed by atoms with van der Waals surface area (Å²) >= 11 is 0. The lowest BCUT2D eigenvalue weighted by Crippen LogP contribution is -2.61. The van der Waals surface area contributed by atoms with E-state index in [2.05, 4.69) is 25.7 Å². The average Bonchev–Trinajstić information content (AvgIpc) is 2.64. The molecule has 4 bridgehead atoms. The fourth-order valence-electron chi connectivity index (χ4n) is 7.24. The Morgan fingerprint density at radius 3 is 2.19 bits per heavy atom. The molecule has 0 radical (unpaired) electrons. The lowest BCUT2D eigenvalue weighted by molar-refractivity contribution is -0.180. The molecule has 3 nitrogen and oxygen atoms in total. The fourth-order valence-corrected chi connectivity index (χ4v) is 7.24. The van der Waals surface area contributed by atoms with Crippen LogP contribution < -0.4 is 5.73 Å². The van der Waals surface area contributed by atoms with Crippen molar-refractivity contribution in [2.24, 2.45) is 27.9 Å². The number of likely N-dealkylation sites (tertiary alicyclic amines) is 1. The third-order valence-corrected chi connectivity index (χ3v) is 7.16. The molecule has 1 aliphatic heterocycles. The van der Waals surface area contributed by atoms with Gasteiger partial charge in [0.25, 0.3) is 0 Å². The molecule has 0 spiro atoms. The normalized spacial score (nSPS) is 55.2. The summed E-state index contributed by atoms with van der Waals surface area (Å²) in [5.74, 6) is 1.23. The summed E-state index contributed by atoms with van der Waals surface area (Å²) in [5.41, 5.74) is 6.92. The maximum Gasteiger partial charge on any atom is 0.229 e.